The smallest absolute Gasteiger partial charge is 0.294 e. The second-order valence-corrected chi connectivity index (χ2v) is 4.31. The molecule has 1 aromatic heterocycles. The normalized spacial score (nSPS) is 10.6. The SMILES string of the molecule is Cc1cc(C(=O)Nc2cccc3ccccc23)on1. The number of carbonyl (C=O) groups is 1. The molecule has 0 spiro atoms. The third kappa shape index (κ3) is 2.20. The van der Waals surface area contributed by atoms with Crippen LogP contribution in [0.2, 0.25) is 0 Å². The average molecular weight is 252 g/mol. The van der Waals surface area contributed by atoms with Gasteiger partial charge in [0.05, 0.1) is 5.69 Å². The molecule has 0 saturated heterocycles. The van der Waals surface area contributed by atoms with Gasteiger partial charge in [-0.3, -0.25) is 4.79 Å². The predicted octanol–water partition coefficient (Wildman–Crippen LogP) is 3.39. The van der Waals surface area contributed by atoms with Crippen molar-refractivity contribution < 1.29 is 9.32 Å². The fourth-order valence-electron chi connectivity index (χ4n) is 1.99. The van der Waals surface area contributed by atoms with Crippen LogP contribution in [0.4, 0.5) is 5.69 Å². The fraction of sp³-hybridized carbons (Fsp3) is 0.0667. The standard InChI is InChI=1S/C15H12N2O2/c1-10-9-14(19-17-10)15(18)16-13-8-4-6-11-5-2-3-7-12(11)13/h2-9H,1H3,(H,16,18). The molecule has 4 heteroatoms. The molecular formula is C15H12N2O2. The van der Waals surface area contributed by atoms with Gasteiger partial charge in [0.15, 0.2) is 0 Å². The molecule has 1 heterocycles. The lowest BCUT2D eigenvalue weighted by Gasteiger charge is -2.06. The van der Waals surface area contributed by atoms with E-state index in [9.17, 15) is 4.79 Å². The molecule has 0 aliphatic heterocycles. The van der Waals surface area contributed by atoms with E-state index in [1.54, 1.807) is 13.0 Å². The third-order valence-electron chi connectivity index (χ3n) is 2.89. The molecule has 3 rings (SSSR count). The molecule has 0 saturated carbocycles. The van der Waals surface area contributed by atoms with Gasteiger partial charge in [-0.2, -0.15) is 0 Å². The van der Waals surface area contributed by atoms with Crippen LogP contribution in [0.15, 0.2) is 53.1 Å². The molecule has 1 amide bonds. The van der Waals surface area contributed by atoms with Crippen molar-refractivity contribution >= 4 is 22.4 Å². The van der Waals surface area contributed by atoms with E-state index in [-0.39, 0.29) is 11.7 Å². The summed E-state index contributed by atoms with van der Waals surface area (Å²) in [5.41, 5.74) is 1.44. The lowest BCUT2D eigenvalue weighted by atomic mass is 10.1. The second-order valence-electron chi connectivity index (χ2n) is 4.31. The van der Waals surface area contributed by atoms with Crippen LogP contribution in [0.25, 0.3) is 10.8 Å². The zero-order chi connectivity index (χ0) is 13.2. The molecule has 0 bridgehead atoms. The van der Waals surface area contributed by atoms with Crippen LogP contribution >= 0.6 is 0 Å². The first-order valence-electron chi connectivity index (χ1n) is 5.96. The minimum atomic E-state index is -0.294. The van der Waals surface area contributed by atoms with Crippen molar-refractivity contribution in [2.24, 2.45) is 0 Å². The maximum atomic E-state index is 12.0. The van der Waals surface area contributed by atoms with Crippen molar-refractivity contribution in [3.63, 3.8) is 0 Å². The van der Waals surface area contributed by atoms with Crippen molar-refractivity contribution in [1.29, 1.82) is 0 Å². The van der Waals surface area contributed by atoms with Gasteiger partial charge in [-0.05, 0) is 18.4 Å². The summed E-state index contributed by atoms with van der Waals surface area (Å²) in [4.78, 5) is 12.0. The number of hydrogen-bond acceptors (Lipinski definition) is 3. The topological polar surface area (TPSA) is 55.1 Å². The average Bonchev–Trinajstić information content (AvgIpc) is 2.86. The van der Waals surface area contributed by atoms with Crippen LogP contribution in [0.1, 0.15) is 16.2 Å². The number of fused-ring (bicyclic) bond motifs is 1. The Morgan fingerprint density at radius 1 is 1.16 bits per heavy atom. The first-order chi connectivity index (χ1) is 9.24. The van der Waals surface area contributed by atoms with Crippen molar-refractivity contribution in [1.82, 2.24) is 5.16 Å². The highest BCUT2D eigenvalue weighted by Crippen LogP contribution is 2.23. The zero-order valence-electron chi connectivity index (χ0n) is 10.4. The van der Waals surface area contributed by atoms with E-state index in [2.05, 4.69) is 10.5 Å². The summed E-state index contributed by atoms with van der Waals surface area (Å²) in [6.07, 6.45) is 0. The van der Waals surface area contributed by atoms with Crippen molar-refractivity contribution in [2.45, 2.75) is 6.92 Å². The van der Waals surface area contributed by atoms with Gasteiger partial charge >= 0.3 is 0 Å². The van der Waals surface area contributed by atoms with Gasteiger partial charge < -0.3 is 9.84 Å². The monoisotopic (exact) mass is 252 g/mol. The van der Waals surface area contributed by atoms with Gasteiger partial charge in [0.1, 0.15) is 0 Å². The molecule has 4 nitrogen and oxygen atoms in total. The van der Waals surface area contributed by atoms with Gasteiger partial charge in [0.2, 0.25) is 5.76 Å². The first-order valence-corrected chi connectivity index (χ1v) is 5.96. The van der Waals surface area contributed by atoms with E-state index in [1.165, 1.54) is 0 Å². The first kappa shape index (κ1) is 11.5. The number of carbonyl (C=O) groups excluding carboxylic acids is 1. The van der Waals surface area contributed by atoms with E-state index in [0.29, 0.717) is 5.69 Å². The maximum absolute atomic E-state index is 12.0. The summed E-state index contributed by atoms with van der Waals surface area (Å²) in [5, 5.41) is 8.62. The Labute approximate surface area is 110 Å². The van der Waals surface area contributed by atoms with E-state index in [0.717, 1.165) is 16.5 Å². The molecule has 2 aromatic carbocycles. The number of hydrogen-bond donors (Lipinski definition) is 1. The molecule has 3 aromatic rings. The Morgan fingerprint density at radius 2 is 1.95 bits per heavy atom. The van der Waals surface area contributed by atoms with Crippen LogP contribution in [0, 0.1) is 6.92 Å². The van der Waals surface area contributed by atoms with Gasteiger partial charge in [-0.25, -0.2) is 0 Å². The van der Waals surface area contributed by atoms with Gasteiger partial charge in [0, 0.05) is 17.1 Å². The summed E-state index contributed by atoms with van der Waals surface area (Å²) >= 11 is 0. The fourth-order valence-corrected chi connectivity index (χ4v) is 1.99. The summed E-state index contributed by atoms with van der Waals surface area (Å²) in [7, 11) is 0. The van der Waals surface area contributed by atoms with E-state index in [1.807, 2.05) is 42.5 Å². The Hall–Kier alpha value is -2.62. The highest BCUT2D eigenvalue weighted by molar-refractivity contribution is 6.07. The molecule has 0 atom stereocenters. The number of nitrogens with zero attached hydrogens (tertiary/aromatic N) is 1. The zero-order valence-corrected chi connectivity index (χ0v) is 10.4. The quantitative estimate of drug-likeness (QED) is 0.760. The van der Waals surface area contributed by atoms with Gasteiger partial charge in [-0.1, -0.05) is 41.6 Å². The predicted molar refractivity (Wildman–Crippen MR) is 73.1 cm³/mol. The number of anilines is 1. The number of aryl methyl sites for hydroxylation is 1. The Morgan fingerprint density at radius 3 is 2.74 bits per heavy atom. The Kier molecular flexibility index (Phi) is 2.76. The number of aromatic nitrogens is 1. The van der Waals surface area contributed by atoms with E-state index >= 15 is 0 Å². The maximum Gasteiger partial charge on any atom is 0.294 e. The van der Waals surface area contributed by atoms with E-state index in [4.69, 9.17) is 4.52 Å². The molecular weight excluding hydrogens is 240 g/mol. The highest BCUT2D eigenvalue weighted by atomic mass is 16.5. The molecule has 0 unspecified atom stereocenters. The molecule has 0 fully saturated rings. The van der Waals surface area contributed by atoms with Crippen LogP contribution in [-0.4, -0.2) is 11.1 Å². The van der Waals surface area contributed by atoms with Crippen LogP contribution in [-0.2, 0) is 0 Å². The minimum absolute atomic E-state index is 0.213. The van der Waals surface area contributed by atoms with Crippen molar-refractivity contribution in [3.8, 4) is 0 Å². The largest absolute Gasteiger partial charge is 0.351 e. The van der Waals surface area contributed by atoms with Crippen molar-refractivity contribution in [3.05, 3.63) is 60.0 Å². The van der Waals surface area contributed by atoms with Crippen LogP contribution in [0.5, 0.6) is 0 Å². The summed E-state index contributed by atoms with van der Waals surface area (Å²) in [5.74, 6) is -0.0811. The Bertz CT molecular complexity index is 741. The molecule has 0 radical (unpaired) electrons. The van der Waals surface area contributed by atoms with E-state index < -0.39 is 0 Å². The number of rotatable bonds is 2. The highest BCUT2D eigenvalue weighted by Gasteiger charge is 2.12. The summed E-state index contributed by atoms with van der Waals surface area (Å²) < 4.78 is 4.95. The van der Waals surface area contributed by atoms with Crippen LogP contribution in [0.3, 0.4) is 0 Å². The summed E-state index contributed by atoms with van der Waals surface area (Å²) in [6, 6.07) is 15.3. The number of nitrogens with one attached hydrogen (secondary N) is 1. The number of amides is 1. The second kappa shape index (κ2) is 4.57. The minimum Gasteiger partial charge on any atom is -0.351 e. The Balaban J connectivity index is 1.95. The van der Waals surface area contributed by atoms with Gasteiger partial charge in [-0.15, -0.1) is 0 Å². The van der Waals surface area contributed by atoms with Crippen molar-refractivity contribution in [2.75, 3.05) is 5.32 Å². The molecule has 94 valence electrons. The molecule has 19 heavy (non-hydrogen) atoms. The lowest BCUT2D eigenvalue weighted by molar-refractivity contribution is 0.0988. The van der Waals surface area contributed by atoms with Crippen LogP contribution < -0.4 is 5.32 Å². The third-order valence-corrected chi connectivity index (χ3v) is 2.89. The lowest BCUT2D eigenvalue weighted by Crippen LogP contribution is -2.11. The summed E-state index contributed by atoms with van der Waals surface area (Å²) in [6.45, 7) is 1.78. The number of benzene rings is 2. The molecule has 0 aliphatic carbocycles. The molecule has 0 aliphatic rings. The molecule has 1 N–H and O–H groups in total. The van der Waals surface area contributed by atoms with Gasteiger partial charge in [0.25, 0.3) is 5.91 Å².